The van der Waals surface area contributed by atoms with Crippen LogP contribution in [0.3, 0.4) is 0 Å². The molecule has 0 bridgehead atoms. The number of aromatic nitrogens is 1. The molecule has 2 aromatic carbocycles. The number of hydrogen-bond acceptors (Lipinski definition) is 4. The number of thiazole rings is 1. The second kappa shape index (κ2) is 8.42. The monoisotopic (exact) mass is 377 g/mol. The molecule has 0 saturated heterocycles. The van der Waals surface area contributed by atoms with E-state index in [-0.39, 0.29) is 11.8 Å². The van der Waals surface area contributed by atoms with Gasteiger partial charge < -0.3 is 10.2 Å². The number of likely N-dealkylation sites (N-methyl/N-ethyl adjacent to an activating group) is 1. The summed E-state index contributed by atoms with van der Waals surface area (Å²) in [5.41, 5.74) is 2.34. The first-order valence-corrected chi connectivity index (χ1v) is 9.18. The summed E-state index contributed by atoms with van der Waals surface area (Å²) in [6.07, 6.45) is 3.07. The lowest BCUT2D eigenvalue weighted by Gasteiger charge is -2.15. The number of nitrogens with one attached hydrogen (secondary N) is 1. The lowest BCUT2D eigenvalue weighted by atomic mass is 10.2. The Labute approximate surface area is 162 Å². The summed E-state index contributed by atoms with van der Waals surface area (Å²) in [6, 6.07) is 16.9. The molecular formula is C21H19N3O2S. The average Bonchev–Trinajstić information content (AvgIpc) is 3.20. The molecule has 0 radical (unpaired) electrons. The van der Waals surface area contributed by atoms with E-state index in [0.29, 0.717) is 17.8 Å². The Bertz CT molecular complexity index is 949. The molecule has 3 aromatic rings. The minimum absolute atomic E-state index is 0.185. The van der Waals surface area contributed by atoms with Gasteiger partial charge in [-0.2, -0.15) is 0 Å². The second-order valence-electron chi connectivity index (χ2n) is 5.82. The Balaban J connectivity index is 1.60. The molecule has 0 aliphatic carbocycles. The van der Waals surface area contributed by atoms with Crippen LogP contribution in [0, 0.1) is 0 Å². The van der Waals surface area contributed by atoms with Gasteiger partial charge in [-0.3, -0.25) is 9.59 Å². The highest BCUT2D eigenvalue weighted by molar-refractivity contribution is 7.15. The van der Waals surface area contributed by atoms with Crippen molar-refractivity contribution in [2.75, 3.05) is 11.9 Å². The molecule has 27 heavy (non-hydrogen) atoms. The number of hydrogen-bond donors (Lipinski definition) is 1. The van der Waals surface area contributed by atoms with Gasteiger partial charge >= 0.3 is 0 Å². The van der Waals surface area contributed by atoms with E-state index in [1.54, 1.807) is 42.6 Å². The largest absolute Gasteiger partial charge is 0.346 e. The molecule has 0 aliphatic heterocycles. The number of rotatable bonds is 6. The molecule has 0 unspecified atom stereocenters. The van der Waals surface area contributed by atoms with Crippen LogP contribution in [0.1, 0.15) is 15.4 Å². The van der Waals surface area contributed by atoms with Crippen molar-refractivity contribution in [3.05, 3.63) is 84.0 Å². The zero-order chi connectivity index (χ0) is 19.2. The summed E-state index contributed by atoms with van der Waals surface area (Å²) >= 11 is 1.56. The van der Waals surface area contributed by atoms with Crippen molar-refractivity contribution < 1.29 is 9.59 Å². The van der Waals surface area contributed by atoms with Gasteiger partial charge in [0.15, 0.2) is 0 Å². The van der Waals surface area contributed by atoms with Gasteiger partial charge in [0.2, 0.25) is 5.91 Å². The first-order chi connectivity index (χ1) is 13.1. The summed E-state index contributed by atoms with van der Waals surface area (Å²) in [6.45, 7) is 3.83. The minimum Gasteiger partial charge on any atom is -0.346 e. The smallest absolute Gasteiger partial charge is 0.251 e. The number of anilines is 1. The van der Waals surface area contributed by atoms with Gasteiger partial charge in [0.05, 0.1) is 11.4 Å². The SMILES string of the molecule is C=CC(=O)N(C)c1ccc(C(=O)NCc2ncc(-c3ccccc3)s2)cc1. The maximum atomic E-state index is 12.3. The molecule has 3 rings (SSSR count). The Morgan fingerprint density at radius 2 is 1.85 bits per heavy atom. The van der Waals surface area contributed by atoms with E-state index >= 15 is 0 Å². The van der Waals surface area contributed by atoms with E-state index < -0.39 is 0 Å². The van der Waals surface area contributed by atoms with Crippen molar-refractivity contribution in [1.82, 2.24) is 10.3 Å². The molecule has 5 nitrogen and oxygen atoms in total. The van der Waals surface area contributed by atoms with Crippen molar-refractivity contribution in [3.8, 4) is 10.4 Å². The quantitative estimate of drug-likeness (QED) is 0.663. The van der Waals surface area contributed by atoms with Crippen LogP contribution in [0.15, 0.2) is 73.4 Å². The van der Waals surface area contributed by atoms with Crippen molar-refractivity contribution in [2.45, 2.75) is 6.54 Å². The lowest BCUT2D eigenvalue weighted by molar-refractivity contribution is -0.113. The first-order valence-electron chi connectivity index (χ1n) is 8.37. The van der Waals surface area contributed by atoms with Crippen LogP contribution < -0.4 is 10.2 Å². The molecule has 1 heterocycles. The zero-order valence-corrected chi connectivity index (χ0v) is 15.7. The number of carbonyl (C=O) groups excluding carboxylic acids is 2. The zero-order valence-electron chi connectivity index (χ0n) is 14.9. The predicted molar refractivity (Wildman–Crippen MR) is 109 cm³/mol. The molecule has 2 amide bonds. The van der Waals surface area contributed by atoms with Crippen LogP contribution in [0.2, 0.25) is 0 Å². The third-order valence-electron chi connectivity index (χ3n) is 4.03. The maximum Gasteiger partial charge on any atom is 0.251 e. The van der Waals surface area contributed by atoms with Gasteiger partial charge in [0.25, 0.3) is 5.91 Å². The van der Waals surface area contributed by atoms with Crippen LogP contribution >= 0.6 is 11.3 Å². The predicted octanol–water partition coefficient (Wildman–Crippen LogP) is 3.89. The van der Waals surface area contributed by atoms with E-state index in [1.165, 1.54) is 11.0 Å². The van der Waals surface area contributed by atoms with Gasteiger partial charge in [-0.1, -0.05) is 36.9 Å². The van der Waals surface area contributed by atoms with Crippen LogP contribution in [0.5, 0.6) is 0 Å². The highest BCUT2D eigenvalue weighted by atomic mass is 32.1. The fraction of sp³-hybridized carbons (Fsp3) is 0.0952. The third kappa shape index (κ3) is 4.48. The van der Waals surface area contributed by atoms with Gasteiger partial charge in [0, 0.05) is 24.5 Å². The van der Waals surface area contributed by atoms with Gasteiger partial charge in [0.1, 0.15) is 5.01 Å². The summed E-state index contributed by atoms with van der Waals surface area (Å²) in [7, 11) is 1.66. The maximum absolute atomic E-state index is 12.3. The third-order valence-corrected chi connectivity index (χ3v) is 5.08. The second-order valence-corrected chi connectivity index (χ2v) is 6.93. The van der Waals surface area contributed by atoms with E-state index in [4.69, 9.17) is 0 Å². The Morgan fingerprint density at radius 1 is 1.15 bits per heavy atom. The van der Waals surface area contributed by atoms with Crippen molar-refractivity contribution >= 4 is 28.8 Å². The molecule has 6 heteroatoms. The average molecular weight is 377 g/mol. The van der Waals surface area contributed by atoms with E-state index in [0.717, 1.165) is 15.4 Å². The number of nitrogens with zero attached hydrogens (tertiary/aromatic N) is 2. The van der Waals surface area contributed by atoms with Crippen LogP contribution in [0.25, 0.3) is 10.4 Å². The van der Waals surface area contributed by atoms with Crippen LogP contribution in [0.4, 0.5) is 5.69 Å². The molecule has 0 spiro atoms. The normalized spacial score (nSPS) is 10.3. The Kier molecular flexibility index (Phi) is 5.78. The molecule has 0 fully saturated rings. The van der Waals surface area contributed by atoms with Gasteiger partial charge in [-0.15, -0.1) is 11.3 Å². The molecule has 136 valence electrons. The van der Waals surface area contributed by atoms with Crippen molar-refractivity contribution in [1.29, 1.82) is 0 Å². The lowest BCUT2D eigenvalue weighted by Crippen LogP contribution is -2.24. The summed E-state index contributed by atoms with van der Waals surface area (Å²) in [5.74, 6) is -0.388. The molecule has 1 aromatic heterocycles. The van der Waals surface area contributed by atoms with Gasteiger partial charge in [-0.05, 0) is 35.9 Å². The van der Waals surface area contributed by atoms with E-state index in [9.17, 15) is 9.59 Å². The number of benzene rings is 2. The van der Waals surface area contributed by atoms with E-state index in [1.807, 2.05) is 36.5 Å². The van der Waals surface area contributed by atoms with Crippen molar-refractivity contribution in [3.63, 3.8) is 0 Å². The molecule has 1 N–H and O–H groups in total. The minimum atomic E-state index is -0.204. The highest BCUT2D eigenvalue weighted by Gasteiger charge is 2.11. The highest BCUT2D eigenvalue weighted by Crippen LogP contribution is 2.25. The molecule has 0 saturated carbocycles. The molecule has 0 atom stereocenters. The van der Waals surface area contributed by atoms with Gasteiger partial charge in [-0.25, -0.2) is 4.98 Å². The van der Waals surface area contributed by atoms with Crippen LogP contribution in [-0.2, 0) is 11.3 Å². The number of amides is 2. The standard InChI is InChI=1S/C21H19N3O2S/c1-3-20(25)24(2)17-11-9-16(10-12-17)21(26)23-14-19-22-13-18(27-19)15-7-5-4-6-8-15/h3-13H,1,14H2,2H3,(H,23,26). The summed E-state index contributed by atoms with van der Waals surface area (Å²) in [4.78, 5) is 30.9. The topological polar surface area (TPSA) is 62.3 Å². The Hall–Kier alpha value is -3.25. The van der Waals surface area contributed by atoms with E-state index in [2.05, 4.69) is 16.9 Å². The first kappa shape index (κ1) is 18.5. The fourth-order valence-corrected chi connectivity index (χ4v) is 3.35. The van der Waals surface area contributed by atoms with Crippen LogP contribution in [-0.4, -0.2) is 23.8 Å². The van der Waals surface area contributed by atoms with Crippen molar-refractivity contribution in [2.24, 2.45) is 0 Å². The fourth-order valence-electron chi connectivity index (χ4n) is 2.49. The number of carbonyl (C=O) groups is 2. The summed E-state index contributed by atoms with van der Waals surface area (Å²) in [5, 5.41) is 3.72. The molecular weight excluding hydrogens is 358 g/mol. The molecule has 0 aliphatic rings. The Morgan fingerprint density at radius 3 is 2.52 bits per heavy atom. The summed E-state index contributed by atoms with van der Waals surface area (Å²) < 4.78 is 0.